The SMILES string of the molecule is O=C(O)C(c1ccccc1)C(S)CNS(=O)(=O)c1ccc(F)cc1. The molecule has 0 aromatic heterocycles. The van der Waals surface area contributed by atoms with Gasteiger partial charge < -0.3 is 5.11 Å². The summed E-state index contributed by atoms with van der Waals surface area (Å²) in [7, 11) is -3.87. The van der Waals surface area contributed by atoms with E-state index in [1.807, 2.05) is 0 Å². The van der Waals surface area contributed by atoms with Crippen molar-refractivity contribution in [3.05, 3.63) is 66.0 Å². The van der Waals surface area contributed by atoms with Gasteiger partial charge in [-0.05, 0) is 29.8 Å². The summed E-state index contributed by atoms with van der Waals surface area (Å²) in [5.74, 6) is -2.61. The molecule has 2 N–H and O–H groups in total. The smallest absolute Gasteiger partial charge is 0.312 e. The lowest BCUT2D eigenvalue weighted by atomic mass is 9.95. The molecule has 2 aromatic rings. The van der Waals surface area contributed by atoms with Gasteiger partial charge in [0.1, 0.15) is 5.82 Å². The fourth-order valence-corrected chi connectivity index (χ4v) is 3.77. The zero-order valence-corrected chi connectivity index (χ0v) is 14.2. The molecule has 2 atom stereocenters. The second-order valence-electron chi connectivity index (χ2n) is 5.10. The zero-order valence-electron chi connectivity index (χ0n) is 12.5. The van der Waals surface area contributed by atoms with Gasteiger partial charge >= 0.3 is 5.97 Å². The Morgan fingerprint density at radius 1 is 1.12 bits per heavy atom. The van der Waals surface area contributed by atoms with Crippen LogP contribution in [0.25, 0.3) is 0 Å². The maximum Gasteiger partial charge on any atom is 0.312 e. The number of thiol groups is 1. The van der Waals surface area contributed by atoms with Crippen LogP contribution in [0.3, 0.4) is 0 Å². The van der Waals surface area contributed by atoms with E-state index in [2.05, 4.69) is 17.4 Å². The summed E-state index contributed by atoms with van der Waals surface area (Å²) in [6.07, 6.45) is 0. The van der Waals surface area contributed by atoms with Crippen LogP contribution in [0.4, 0.5) is 4.39 Å². The van der Waals surface area contributed by atoms with E-state index in [4.69, 9.17) is 0 Å². The molecule has 0 heterocycles. The number of hydrogen-bond acceptors (Lipinski definition) is 4. The Kier molecular flexibility index (Phi) is 5.98. The first-order valence-electron chi connectivity index (χ1n) is 7.02. The number of halogens is 1. The second-order valence-corrected chi connectivity index (χ2v) is 7.53. The molecule has 0 saturated carbocycles. The highest BCUT2D eigenvalue weighted by atomic mass is 32.2. The molecule has 0 spiro atoms. The van der Waals surface area contributed by atoms with Crippen LogP contribution in [0.5, 0.6) is 0 Å². The first kappa shape index (κ1) is 18.4. The van der Waals surface area contributed by atoms with E-state index in [1.165, 1.54) is 0 Å². The molecule has 5 nitrogen and oxygen atoms in total. The van der Waals surface area contributed by atoms with Crippen LogP contribution < -0.4 is 4.72 Å². The Morgan fingerprint density at radius 2 is 1.71 bits per heavy atom. The monoisotopic (exact) mass is 369 g/mol. The third kappa shape index (κ3) is 4.56. The highest BCUT2D eigenvalue weighted by molar-refractivity contribution is 7.89. The lowest BCUT2D eigenvalue weighted by molar-refractivity contribution is -0.138. The number of carboxylic acids is 1. The van der Waals surface area contributed by atoms with Gasteiger partial charge in [0.05, 0.1) is 10.8 Å². The highest BCUT2D eigenvalue weighted by Crippen LogP contribution is 2.24. The molecule has 2 rings (SSSR count). The van der Waals surface area contributed by atoms with Crippen LogP contribution in [0.15, 0.2) is 59.5 Å². The molecular formula is C16H16FNO4S2. The van der Waals surface area contributed by atoms with Gasteiger partial charge in [-0.1, -0.05) is 30.3 Å². The summed E-state index contributed by atoms with van der Waals surface area (Å²) in [5, 5.41) is 8.63. The number of sulfonamides is 1. The standard InChI is InChI=1S/C16H16FNO4S2/c17-12-6-8-13(9-7-12)24(21,22)18-10-14(23)15(16(19)20)11-4-2-1-3-5-11/h1-9,14-15,18,23H,10H2,(H,19,20). The molecule has 2 unspecified atom stereocenters. The van der Waals surface area contributed by atoms with Gasteiger partial charge in [0.2, 0.25) is 10.0 Å². The van der Waals surface area contributed by atoms with Gasteiger partial charge in [-0.3, -0.25) is 4.79 Å². The lowest BCUT2D eigenvalue weighted by Crippen LogP contribution is -2.35. The minimum absolute atomic E-state index is 0.101. The Labute approximate surface area is 145 Å². The first-order chi connectivity index (χ1) is 11.3. The average Bonchev–Trinajstić information content (AvgIpc) is 2.54. The fraction of sp³-hybridized carbons (Fsp3) is 0.188. The van der Waals surface area contributed by atoms with E-state index in [9.17, 15) is 22.7 Å². The van der Waals surface area contributed by atoms with Gasteiger partial charge in [-0.15, -0.1) is 0 Å². The van der Waals surface area contributed by atoms with Gasteiger partial charge in [0, 0.05) is 11.8 Å². The number of rotatable bonds is 7. The van der Waals surface area contributed by atoms with E-state index in [0.717, 1.165) is 24.3 Å². The molecule has 0 amide bonds. The van der Waals surface area contributed by atoms with E-state index >= 15 is 0 Å². The summed E-state index contributed by atoms with van der Waals surface area (Å²) < 4.78 is 39.5. The Hall–Kier alpha value is -1.90. The van der Waals surface area contributed by atoms with E-state index < -0.39 is 33.0 Å². The molecule has 0 fully saturated rings. The number of carboxylic acid groups (broad SMARTS) is 1. The lowest BCUT2D eigenvalue weighted by Gasteiger charge is -2.20. The number of carbonyl (C=O) groups is 1. The second kappa shape index (κ2) is 7.78. The summed E-state index contributed by atoms with van der Waals surface area (Å²) in [6, 6.07) is 12.8. The normalized spacial score (nSPS) is 14.1. The molecule has 2 aromatic carbocycles. The van der Waals surface area contributed by atoms with Crippen molar-refractivity contribution in [2.45, 2.75) is 16.1 Å². The fourth-order valence-electron chi connectivity index (χ4n) is 2.20. The minimum atomic E-state index is -3.87. The summed E-state index contributed by atoms with van der Waals surface area (Å²) >= 11 is 4.25. The zero-order chi connectivity index (χ0) is 17.7. The predicted molar refractivity (Wildman–Crippen MR) is 91.2 cm³/mol. The third-order valence-corrected chi connectivity index (χ3v) is 5.34. The molecule has 8 heteroatoms. The van der Waals surface area contributed by atoms with Crippen LogP contribution in [-0.2, 0) is 14.8 Å². The van der Waals surface area contributed by atoms with Crippen molar-refractivity contribution in [2.75, 3.05) is 6.54 Å². The summed E-state index contributed by atoms with van der Waals surface area (Å²) in [6.45, 7) is -0.186. The van der Waals surface area contributed by atoms with Crippen LogP contribution in [-0.4, -0.2) is 31.3 Å². The molecule has 128 valence electrons. The van der Waals surface area contributed by atoms with Crippen molar-refractivity contribution in [1.29, 1.82) is 0 Å². The number of benzene rings is 2. The van der Waals surface area contributed by atoms with Crippen molar-refractivity contribution in [3.63, 3.8) is 0 Å². The molecule has 0 radical (unpaired) electrons. The molecular weight excluding hydrogens is 353 g/mol. The Morgan fingerprint density at radius 3 is 2.25 bits per heavy atom. The van der Waals surface area contributed by atoms with Crippen molar-refractivity contribution in [3.8, 4) is 0 Å². The van der Waals surface area contributed by atoms with Crippen LogP contribution in [0.2, 0.25) is 0 Å². The molecule has 24 heavy (non-hydrogen) atoms. The van der Waals surface area contributed by atoms with Crippen LogP contribution in [0.1, 0.15) is 11.5 Å². The van der Waals surface area contributed by atoms with E-state index in [1.54, 1.807) is 30.3 Å². The first-order valence-corrected chi connectivity index (χ1v) is 9.02. The molecule has 0 saturated heterocycles. The van der Waals surface area contributed by atoms with Crippen molar-refractivity contribution in [2.24, 2.45) is 0 Å². The molecule has 0 aliphatic rings. The quantitative estimate of drug-likeness (QED) is 0.654. The largest absolute Gasteiger partial charge is 0.481 e. The Balaban J connectivity index is 2.11. The topological polar surface area (TPSA) is 83.5 Å². The minimum Gasteiger partial charge on any atom is -0.481 e. The van der Waals surface area contributed by atoms with Gasteiger partial charge in [0.15, 0.2) is 0 Å². The number of nitrogens with one attached hydrogen (secondary N) is 1. The van der Waals surface area contributed by atoms with E-state index in [-0.39, 0.29) is 11.4 Å². The van der Waals surface area contributed by atoms with Gasteiger partial charge in [-0.2, -0.15) is 12.6 Å². The van der Waals surface area contributed by atoms with Gasteiger partial charge in [0.25, 0.3) is 0 Å². The molecule has 0 bridgehead atoms. The Bertz CT molecular complexity index is 795. The number of aliphatic carboxylic acids is 1. The van der Waals surface area contributed by atoms with Crippen molar-refractivity contribution >= 4 is 28.6 Å². The maximum absolute atomic E-state index is 12.9. The highest BCUT2D eigenvalue weighted by Gasteiger charge is 2.28. The van der Waals surface area contributed by atoms with Crippen LogP contribution in [0, 0.1) is 5.82 Å². The van der Waals surface area contributed by atoms with E-state index in [0.29, 0.717) is 5.56 Å². The van der Waals surface area contributed by atoms with Crippen molar-refractivity contribution < 1.29 is 22.7 Å². The van der Waals surface area contributed by atoms with Crippen molar-refractivity contribution in [1.82, 2.24) is 4.72 Å². The summed E-state index contributed by atoms with van der Waals surface area (Å²) in [5.41, 5.74) is 0.533. The van der Waals surface area contributed by atoms with Gasteiger partial charge in [-0.25, -0.2) is 17.5 Å². The number of hydrogen-bond donors (Lipinski definition) is 3. The maximum atomic E-state index is 12.9. The average molecular weight is 369 g/mol. The molecule has 0 aliphatic carbocycles. The third-order valence-electron chi connectivity index (χ3n) is 3.42. The summed E-state index contributed by atoms with van der Waals surface area (Å²) in [4.78, 5) is 11.4. The predicted octanol–water partition coefficient (Wildman–Crippen LogP) is 2.27. The van der Waals surface area contributed by atoms with Crippen LogP contribution >= 0.6 is 12.6 Å². The molecule has 0 aliphatic heterocycles.